The van der Waals surface area contributed by atoms with Crippen molar-refractivity contribution in [2.24, 2.45) is 0 Å². The molecule has 6 aliphatic heterocycles. The number of hydrogen-bond acceptors (Lipinski definition) is 12. The van der Waals surface area contributed by atoms with Gasteiger partial charge in [-0.1, -0.05) is 97.1 Å². The van der Waals surface area contributed by atoms with Crippen LogP contribution in [0.25, 0.3) is 0 Å². The predicted molar refractivity (Wildman–Crippen MR) is 369 cm³/mol. The van der Waals surface area contributed by atoms with E-state index in [9.17, 15) is 0 Å². The molecule has 0 aliphatic carbocycles. The van der Waals surface area contributed by atoms with Crippen LogP contribution in [-0.4, -0.2) is 70.4 Å². The highest BCUT2D eigenvalue weighted by molar-refractivity contribution is 14.1. The van der Waals surface area contributed by atoms with Gasteiger partial charge in [-0.05, 0) is 278 Å². The third kappa shape index (κ3) is 10.1. The van der Waals surface area contributed by atoms with Gasteiger partial charge in [0.2, 0.25) is 0 Å². The molecule has 0 aromatic heterocycles. The molecule has 8 bridgehead atoms. The average molecular weight is 2040 g/mol. The first-order chi connectivity index (χ1) is 36.5. The van der Waals surface area contributed by atoms with Crippen LogP contribution in [0.1, 0.15) is 0 Å². The van der Waals surface area contributed by atoms with Crippen LogP contribution in [-0.2, 0) is 49.4 Å². The summed E-state index contributed by atoms with van der Waals surface area (Å²) in [5, 5.41) is 4.57. The first-order valence-corrected chi connectivity index (χ1v) is 45.4. The average Bonchev–Trinajstić information content (AvgIpc) is 2.80. The van der Waals surface area contributed by atoms with Gasteiger partial charge in [-0.25, -0.2) is 0 Å². The molecule has 8 aromatic carbocycles. The SMILES string of the molecule is Ic1ccc([Si]23O[Si]4(c5ccc(I)cc5)O[Si]5(c6ccc(I)cc6)O[Si](c6ccc(I)cc6)(O2)O[Si]2(c6ccc(I)cc6)O[Si](c6ccc(I)cc6)(O3)O[Si](c3ccc(I)cc3)(O4)O[Si](c3ccc(I)cc3)(O5)O2)cc1. The fourth-order valence-corrected chi connectivity index (χ4v) is 58.0. The van der Waals surface area contributed by atoms with Crippen molar-refractivity contribution in [3.8, 4) is 0 Å². The van der Waals surface area contributed by atoms with Gasteiger partial charge in [-0.2, -0.15) is 0 Å². The summed E-state index contributed by atoms with van der Waals surface area (Å²) in [6, 6.07) is 63.6. The first kappa shape index (κ1) is 56.0. The van der Waals surface area contributed by atoms with Crippen LogP contribution in [0.2, 0.25) is 0 Å². The monoisotopic (exact) mass is 2040 g/mol. The molecule has 14 rings (SSSR count). The van der Waals surface area contributed by atoms with E-state index in [1.54, 1.807) is 0 Å². The Kier molecular flexibility index (Phi) is 15.8. The second kappa shape index (κ2) is 21.4. The maximum atomic E-state index is 8.30. The molecule has 0 spiro atoms. The smallest absolute Gasteiger partial charge is 0.366 e. The van der Waals surface area contributed by atoms with Crippen LogP contribution in [0.15, 0.2) is 194 Å². The lowest BCUT2D eigenvalue weighted by atomic mass is 10.4. The Labute approximate surface area is 555 Å². The van der Waals surface area contributed by atoms with E-state index in [2.05, 4.69) is 181 Å². The summed E-state index contributed by atoms with van der Waals surface area (Å²) in [5.74, 6) is 0. The number of benzene rings is 8. The highest BCUT2D eigenvalue weighted by atomic mass is 127. The molecule has 6 heterocycles. The Bertz CT molecular complexity index is 2750. The normalized spacial score (nSPS) is 31.5. The lowest BCUT2D eigenvalue weighted by molar-refractivity contribution is -0.00296. The summed E-state index contributed by atoms with van der Waals surface area (Å²) in [5.41, 5.74) is 0. The van der Waals surface area contributed by atoms with Gasteiger partial charge in [0.1, 0.15) is 0 Å². The molecule has 0 atom stereocenters. The van der Waals surface area contributed by atoms with Crippen molar-refractivity contribution in [3.63, 3.8) is 0 Å². The molecule has 384 valence electrons. The summed E-state index contributed by atoms with van der Waals surface area (Å²) in [6.07, 6.45) is 0. The summed E-state index contributed by atoms with van der Waals surface area (Å²) in [4.78, 5) is 0. The molecule has 0 amide bonds. The van der Waals surface area contributed by atoms with Crippen molar-refractivity contribution in [3.05, 3.63) is 223 Å². The van der Waals surface area contributed by atoms with Gasteiger partial charge in [0.25, 0.3) is 0 Å². The largest absolute Gasteiger partial charge is 0.515 e. The molecule has 0 N–H and O–H groups in total. The van der Waals surface area contributed by atoms with Crippen molar-refractivity contribution in [2.75, 3.05) is 0 Å². The second-order valence-electron chi connectivity index (χ2n) is 17.7. The summed E-state index contributed by atoms with van der Waals surface area (Å²) in [6.45, 7) is 0. The van der Waals surface area contributed by atoms with Crippen LogP contribution in [0, 0.1) is 28.6 Å². The number of rotatable bonds is 8. The topological polar surface area (TPSA) is 111 Å². The molecule has 0 unspecified atom stereocenters. The van der Waals surface area contributed by atoms with Crippen LogP contribution in [0.4, 0.5) is 0 Å². The van der Waals surface area contributed by atoms with Crippen molar-refractivity contribution in [1.82, 2.24) is 0 Å². The van der Waals surface area contributed by atoms with Crippen LogP contribution >= 0.6 is 181 Å². The standard InChI is InChI=1S/C48H32I8O12Si8/c49-33-1-17-41(18-2-33)69-57-70(42-19-3-34(50)4-20-42)60-73(45-25-9-37(53)10-26-45)62-71(58-69,43-21-5-35(51)6-22-43)64-75(47-29-13-39(55)14-30-47)65-72(59-69,44-23-7-36(52)8-24-44)63-74(61-70,46-27-11-38(54)12-28-46)67-76(66-73,68-75)48-31-15-40(56)16-32-48/h1-32H. The van der Waals surface area contributed by atoms with Gasteiger partial charge >= 0.3 is 70.4 Å². The Morgan fingerprint density at radius 1 is 0.145 bits per heavy atom. The van der Waals surface area contributed by atoms with Crippen molar-refractivity contribution >= 4 is 293 Å². The molecular formula is C48H32I8O12Si8. The van der Waals surface area contributed by atoms with E-state index < -0.39 is 70.4 Å². The summed E-state index contributed by atoms with van der Waals surface area (Å²) < 4.78 is 107. The molecule has 76 heavy (non-hydrogen) atoms. The molecule has 28 heteroatoms. The molecular weight excluding hydrogens is 2010 g/mol. The van der Waals surface area contributed by atoms with E-state index in [0.717, 1.165) is 28.6 Å². The second-order valence-corrected chi connectivity index (χ2v) is 51.0. The fourth-order valence-electron chi connectivity index (χ4n) is 9.27. The molecule has 8 aromatic rings. The Hall–Kier alpha value is 0.855. The highest BCUT2D eigenvalue weighted by Gasteiger charge is 2.86. The third-order valence-electron chi connectivity index (χ3n) is 12.8. The van der Waals surface area contributed by atoms with E-state index in [4.69, 9.17) is 49.4 Å². The van der Waals surface area contributed by atoms with E-state index in [1.165, 1.54) is 0 Å². The van der Waals surface area contributed by atoms with E-state index >= 15 is 0 Å². The molecule has 6 fully saturated rings. The van der Waals surface area contributed by atoms with Crippen LogP contribution in [0.3, 0.4) is 0 Å². The van der Waals surface area contributed by atoms with Gasteiger partial charge in [0.15, 0.2) is 0 Å². The zero-order valence-corrected chi connectivity index (χ0v) is 63.7. The van der Waals surface area contributed by atoms with Crippen molar-refractivity contribution in [2.45, 2.75) is 0 Å². The minimum absolute atomic E-state index is 0.571. The van der Waals surface area contributed by atoms with Gasteiger partial charge in [0.05, 0.1) is 0 Å². The predicted octanol–water partition coefficient (Wildman–Crippen LogP) is 7.86. The van der Waals surface area contributed by atoms with E-state index in [0.29, 0.717) is 41.5 Å². The molecule has 12 nitrogen and oxygen atoms in total. The molecule has 6 saturated heterocycles. The van der Waals surface area contributed by atoms with Crippen LogP contribution < -0.4 is 41.5 Å². The van der Waals surface area contributed by atoms with Crippen LogP contribution in [0.5, 0.6) is 0 Å². The fraction of sp³-hybridized carbons (Fsp3) is 0. The minimum Gasteiger partial charge on any atom is -0.366 e. The first-order valence-electron chi connectivity index (χ1n) is 23.0. The maximum absolute atomic E-state index is 8.30. The highest BCUT2D eigenvalue weighted by Crippen LogP contribution is 2.49. The minimum atomic E-state index is -4.84. The molecule has 6 aliphatic rings. The quantitative estimate of drug-likeness (QED) is 0.109. The molecule has 0 radical (unpaired) electrons. The number of halogens is 8. The van der Waals surface area contributed by atoms with Gasteiger partial charge in [0, 0.05) is 70.1 Å². The Balaban J connectivity index is 1.26. The lowest BCUT2D eigenvalue weighted by Crippen LogP contribution is -2.96. The Morgan fingerprint density at radius 2 is 0.224 bits per heavy atom. The third-order valence-corrected chi connectivity index (χ3v) is 52.7. The molecule has 0 saturated carbocycles. The summed E-state index contributed by atoms with van der Waals surface area (Å²) >= 11 is 18.4. The zero-order valence-electron chi connectivity index (χ0n) is 38.4. The Morgan fingerprint density at radius 3 is 0.303 bits per heavy atom. The zero-order chi connectivity index (χ0) is 52.4. The van der Waals surface area contributed by atoms with E-state index in [-0.39, 0.29) is 0 Å². The van der Waals surface area contributed by atoms with Crippen molar-refractivity contribution < 1.29 is 49.4 Å². The maximum Gasteiger partial charge on any atom is 0.515 e. The lowest BCUT2D eigenvalue weighted by Gasteiger charge is -2.62. The van der Waals surface area contributed by atoms with E-state index in [1.807, 2.05) is 194 Å². The van der Waals surface area contributed by atoms with Gasteiger partial charge in [-0.15, -0.1) is 0 Å². The van der Waals surface area contributed by atoms with Crippen molar-refractivity contribution in [1.29, 1.82) is 0 Å². The number of hydrogen-bond donors (Lipinski definition) is 0. The van der Waals surface area contributed by atoms with Gasteiger partial charge < -0.3 is 49.4 Å². The van der Waals surface area contributed by atoms with Gasteiger partial charge in [-0.3, -0.25) is 0 Å². The summed E-state index contributed by atoms with van der Waals surface area (Å²) in [7, 11) is -38.7.